The number of hydrogen-bond acceptors (Lipinski definition) is 5. The van der Waals surface area contributed by atoms with E-state index in [0.717, 1.165) is 0 Å². The molecule has 0 radical (unpaired) electrons. The third-order valence-corrected chi connectivity index (χ3v) is 2.75. The number of aliphatic hydroxyl groups excluding tert-OH is 1. The molecule has 0 bridgehead atoms. The van der Waals surface area contributed by atoms with Gasteiger partial charge in [-0.2, -0.15) is 0 Å². The third kappa shape index (κ3) is 3.60. The molecule has 1 heterocycles. The summed E-state index contributed by atoms with van der Waals surface area (Å²) in [5, 5.41) is 9.14. The van der Waals surface area contributed by atoms with Crippen molar-refractivity contribution in [1.29, 1.82) is 0 Å². The van der Waals surface area contributed by atoms with Crippen molar-refractivity contribution < 1.29 is 24.2 Å². The van der Waals surface area contributed by atoms with Crippen LogP contribution >= 0.6 is 0 Å². The summed E-state index contributed by atoms with van der Waals surface area (Å²) in [6, 6.07) is -0.665. The van der Waals surface area contributed by atoms with Crippen molar-refractivity contribution in [2.24, 2.45) is 5.92 Å². The van der Waals surface area contributed by atoms with Crippen LogP contribution in [0.2, 0.25) is 0 Å². The summed E-state index contributed by atoms with van der Waals surface area (Å²) in [6.07, 6.45) is -0.142. The molecule has 6 heteroatoms. The maximum Gasteiger partial charge on any atom is 0.411 e. The van der Waals surface area contributed by atoms with Crippen LogP contribution in [-0.4, -0.2) is 54.0 Å². The van der Waals surface area contributed by atoms with Gasteiger partial charge in [-0.3, -0.25) is 4.90 Å². The molecule has 1 fully saturated rings. The number of likely N-dealkylation sites (tertiary alicyclic amines) is 1. The number of hydrogen-bond donors (Lipinski definition) is 1. The van der Waals surface area contributed by atoms with E-state index in [1.54, 1.807) is 20.8 Å². The molecule has 0 aromatic carbocycles. The zero-order chi connectivity index (χ0) is 13.9. The van der Waals surface area contributed by atoms with E-state index in [2.05, 4.69) is 4.74 Å². The van der Waals surface area contributed by atoms with E-state index in [9.17, 15) is 9.59 Å². The molecule has 0 saturated carbocycles. The van der Waals surface area contributed by atoms with Crippen LogP contribution in [-0.2, 0) is 14.3 Å². The maximum atomic E-state index is 12.0. The highest BCUT2D eigenvalue weighted by molar-refractivity contribution is 5.82. The fourth-order valence-corrected chi connectivity index (χ4v) is 1.94. The lowest BCUT2D eigenvalue weighted by molar-refractivity contribution is -0.145. The lowest BCUT2D eigenvalue weighted by atomic mass is 10.1. The van der Waals surface area contributed by atoms with Crippen molar-refractivity contribution in [2.75, 3.05) is 20.3 Å². The number of ether oxygens (including phenoxy) is 2. The van der Waals surface area contributed by atoms with Gasteiger partial charge in [0.1, 0.15) is 11.6 Å². The molecule has 1 N–H and O–H groups in total. The highest BCUT2D eigenvalue weighted by atomic mass is 16.6. The summed E-state index contributed by atoms with van der Waals surface area (Å²) in [5.74, 6) is -0.585. The van der Waals surface area contributed by atoms with Crippen molar-refractivity contribution in [2.45, 2.75) is 38.8 Å². The third-order valence-electron chi connectivity index (χ3n) is 2.75. The monoisotopic (exact) mass is 259 g/mol. The average molecular weight is 259 g/mol. The predicted molar refractivity (Wildman–Crippen MR) is 63.9 cm³/mol. The van der Waals surface area contributed by atoms with Crippen LogP contribution in [0, 0.1) is 5.92 Å². The molecular formula is C12H21NO5. The standard InChI is InChI=1S/C12H21NO5/c1-12(2,3)18-11(16)13-6-8(7-14)5-9(13)10(15)17-4/h8-9,14H,5-7H2,1-4H3/t8-,9+/m1/s1. The Balaban J connectivity index is 2.77. The lowest BCUT2D eigenvalue weighted by Gasteiger charge is -2.27. The van der Waals surface area contributed by atoms with Gasteiger partial charge in [-0.05, 0) is 27.2 Å². The molecule has 6 nitrogen and oxygen atoms in total. The lowest BCUT2D eigenvalue weighted by Crippen LogP contribution is -2.43. The van der Waals surface area contributed by atoms with Crippen LogP contribution in [0.1, 0.15) is 27.2 Å². The predicted octanol–water partition coefficient (Wildman–Crippen LogP) is 0.777. The number of esters is 1. The van der Waals surface area contributed by atoms with Gasteiger partial charge in [0.15, 0.2) is 0 Å². The van der Waals surface area contributed by atoms with Gasteiger partial charge >= 0.3 is 12.1 Å². The van der Waals surface area contributed by atoms with E-state index in [-0.39, 0.29) is 12.5 Å². The van der Waals surface area contributed by atoms with Crippen molar-refractivity contribution in [3.63, 3.8) is 0 Å². The topological polar surface area (TPSA) is 76.1 Å². The molecule has 0 spiro atoms. The summed E-state index contributed by atoms with van der Waals surface area (Å²) < 4.78 is 9.90. The first-order valence-electron chi connectivity index (χ1n) is 5.96. The molecule has 104 valence electrons. The Kier molecular flexibility index (Phi) is 4.56. The molecule has 1 rings (SSSR count). The minimum atomic E-state index is -0.665. The van der Waals surface area contributed by atoms with Gasteiger partial charge < -0.3 is 14.6 Å². The Morgan fingerprint density at radius 2 is 2.00 bits per heavy atom. The molecule has 0 unspecified atom stereocenters. The Morgan fingerprint density at radius 1 is 1.39 bits per heavy atom. The minimum Gasteiger partial charge on any atom is -0.467 e. The largest absolute Gasteiger partial charge is 0.467 e. The second kappa shape index (κ2) is 5.56. The molecule has 1 aliphatic rings. The van der Waals surface area contributed by atoms with Crippen LogP contribution in [0.5, 0.6) is 0 Å². The zero-order valence-corrected chi connectivity index (χ0v) is 11.3. The van der Waals surface area contributed by atoms with Gasteiger partial charge in [-0.15, -0.1) is 0 Å². The fraction of sp³-hybridized carbons (Fsp3) is 0.833. The highest BCUT2D eigenvalue weighted by Crippen LogP contribution is 2.25. The van der Waals surface area contributed by atoms with E-state index >= 15 is 0 Å². The fourth-order valence-electron chi connectivity index (χ4n) is 1.94. The summed E-state index contributed by atoms with van der Waals surface area (Å²) in [7, 11) is 1.28. The van der Waals surface area contributed by atoms with Crippen molar-refractivity contribution in [1.82, 2.24) is 4.90 Å². The number of methoxy groups -OCH3 is 1. The number of amides is 1. The number of nitrogens with zero attached hydrogens (tertiary/aromatic N) is 1. The van der Waals surface area contributed by atoms with Crippen LogP contribution in [0.4, 0.5) is 4.79 Å². The minimum absolute atomic E-state index is 0.0627. The van der Waals surface area contributed by atoms with Gasteiger partial charge in [0.05, 0.1) is 7.11 Å². The molecule has 18 heavy (non-hydrogen) atoms. The number of aliphatic hydroxyl groups is 1. The molecule has 0 aliphatic carbocycles. The van der Waals surface area contributed by atoms with Gasteiger partial charge in [0.25, 0.3) is 0 Å². The summed E-state index contributed by atoms with van der Waals surface area (Å²) in [5.41, 5.74) is -0.616. The molecular weight excluding hydrogens is 238 g/mol. The Bertz CT molecular complexity index is 323. The molecule has 2 atom stereocenters. The number of carbonyl (C=O) groups is 2. The van der Waals surface area contributed by atoms with E-state index in [4.69, 9.17) is 9.84 Å². The van der Waals surface area contributed by atoms with Crippen LogP contribution in [0.3, 0.4) is 0 Å². The maximum absolute atomic E-state index is 12.0. The van der Waals surface area contributed by atoms with Gasteiger partial charge in [-0.1, -0.05) is 0 Å². The molecule has 0 aromatic rings. The van der Waals surface area contributed by atoms with Crippen LogP contribution in [0.15, 0.2) is 0 Å². The quantitative estimate of drug-likeness (QED) is 0.741. The van der Waals surface area contributed by atoms with Crippen LogP contribution < -0.4 is 0 Å². The molecule has 0 aromatic heterocycles. The first kappa shape index (κ1) is 14.8. The van der Waals surface area contributed by atoms with Crippen LogP contribution in [0.25, 0.3) is 0 Å². The normalized spacial score (nSPS) is 23.9. The Hall–Kier alpha value is -1.30. The smallest absolute Gasteiger partial charge is 0.411 e. The summed E-state index contributed by atoms with van der Waals surface area (Å²) in [6.45, 7) is 5.53. The van der Waals surface area contributed by atoms with Crippen molar-refractivity contribution in [3.05, 3.63) is 0 Å². The molecule has 1 aliphatic heterocycles. The summed E-state index contributed by atoms with van der Waals surface area (Å²) >= 11 is 0. The number of rotatable bonds is 2. The van der Waals surface area contributed by atoms with Gasteiger partial charge in [0, 0.05) is 19.1 Å². The van der Waals surface area contributed by atoms with Gasteiger partial charge in [-0.25, -0.2) is 9.59 Å². The number of carbonyl (C=O) groups excluding carboxylic acids is 2. The van der Waals surface area contributed by atoms with E-state index < -0.39 is 23.7 Å². The first-order chi connectivity index (χ1) is 8.28. The summed E-state index contributed by atoms with van der Waals surface area (Å²) in [4.78, 5) is 24.9. The molecule has 1 amide bonds. The zero-order valence-electron chi connectivity index (χ0n) is 11.3. The van der Waals surface area contributed by atoms with E-state index in [0.29, 0.717) is 13.0 Å². The second-order valence-electron chi connectivity index (χ2n) is 5.46. The SMILES string of the molecule is COC(=O)[C@@H]1C[C@@H](CO)CN1C(=O)OC(C)(C)C. The highest BCUT2D eigenvalue weighted by Gasteiger charge is 2.41. The first-order valence-corrected chi connectivity index (χ1v) is 5.96. The van der Waals surface area contributed by atoms with Crippen molar-refractivity contribution in [3.8, 4) is 0 Å². The van der Waals surface area contributed by atoms with Gasteiger partial charge in [0.2, 0.25) is 0 Å². The van der Waals surface area contributed by atoms with E-state index in [1.807, 2.05) is 0 Å². The Morgan fingerprint density at radius 3 is 2.44 bits per heavy atom. The van der Waals surface area contributed by atoms with E-state index in [1.165, 1.54) is 12.0 Å². The Labute approximate surface area is 107 Å². The second-order valence-corrected chi connectivity index (χ2v) is 5.46. The van der Waals surface area contributed by atoms with Crippen molar-refractivity contribution >= 4 is 12.1 Å². The average Bonchev–Trinajstić information content (AvgIpc) is 2.69. The molecule has 1 saturated heterocycles.